The van der Waals surface area contributed by atoms with Crippen LogP contribution >= 0.6 is 11.3 Å². The highest BCUT2D eigenvalue weighted by atomic mass is 32.1. The van der Waals surface area contributed by atoms with Gasteiger partial charge >= 0.3 is 0 Å². The van der Waals surface area contributed by atoms with Gasteiger partial charge in [0.15, 0.2) is 0 Å². The van der Waals surface area contributed by atoms with Gasteiger partial charge in [-0.2, -0.15) is 0 Å². The number of benzene rings is 1. The average molecular weight is 478 g/mol. The molecule has 0 aliphatic heterocycles. The van der Waals surface area contributed by atoms with Crippen molar-refractivity contribution in [2.45, 2.75) is 72.6 Å². The number of hydrogen-bond acceptors (Lipinski definition) is 6. The molecule has 0 bridgehead atoms. The number of thiazole rings is 1. The largest absolute Gasteiger partial charge is 0.375 e. The zero-order valence-electron chi connectivity index (χ0n) is 21.6. The van der Waals surface area contributed by atoms with Crippen LogP contribution in [-0.4, -0.2) is 33.4 Å². The lowest BCUT2D eigenvalue weighted by molar-refractivity contribution is 0.509. The molecule has 34 heavy (non-hydrogen) atoms. The minimum Gasteiger partial charge on any atom is -0.375 e. The quantitative estimate of drug-likeness (QED) is 0.350. The van der Waals surface area contributed by atoms with Gasteiger partial charge in [-0.05, 0) is 69.7 Å². The standard InChI is InChI=1S/C21H30N4.C7H9NS/c1-7-10-18-11-12-19(13-17(18)8-2)24-21-22-14-20(15(4)23-21)16(5)25(6)9-3;1-5-8-7(4-9-5)6-2-3-6/h11-14H,5,7-10H2,1-4,6H3,(H,22,23,24);4,6H,2-3H2,1H3. The number of nitrogens with zero attached hydrogens (tertiary/aromatic N) is 4. The fraction of sp³-hybridized carbons (Fsp3) is 0.464. The molecule has 4 rings (SSSR count). The molecule has 5 nitrogen and oxygen atoms in total. The third-order valence-electron chi connectivity index (χ3n) is 6.22. The van der Waals surface area contributed by atoms with Crippen molar-refractivity contribution in [3.8, 4) is 0 Å². The fourth-order valence-electron chi connectivity index (χ4n) is 3.83. The monoisotopic (exact) mass is 477 g/mol. The van der Waals surface area contributed by atoms with Crippen LogP contribution in [0.1, 0.15) is 79.0 Å². The predicted octanol–water partition coefficient (Wildman–Crippen LogP) is 7.29. The molecule has 1 fully saturated rings. The van der Waals surface area contributed by atoms with E-state index in [0.29, 0.717) is 5.95 Å². The van der Waals surface area contributed by atoms with Crippen molar-refractivity contribution in [1.82, 2.24) is 19.9 Å². The summed E-state index contributed by atoms with van der Waals surface area (Å²) in [6.07, 6.45) is 7.91. The Labute approximate surface area is 209 Å². The Balaban J connectivity index is 0.000000296. The Morgan fingerprint density at radius 3 is 2.47 bits per heavy atom. The van der Waals surface area contributed by atoms with Gasteiger partial charge in [0.2, 0.25) is 5.95 Å². The van der Waals surface area contributed by atoms with Crippen LogP contribution in [0.25, 0.3) is 5.70 Å². The van der Waals surface area contributed by atoms with Crippen LogP contribution in [0.4, 0.5) is 11.6 Å². The highest BCUT2D eigenvalue weighted by Gasteiger charge is 2.25. The molecular formula is C28H39N5S. The summed E-state index contributed by atoms with van der Waals surface area (Å²) < 4.78 is 0. The van der Waals surface area contributed by atoms with E-state index in [9.17, 15) is 0 Å². The second-order valence-electron chi connectivity index (χ2n) is 8.93. The number of hydrogen-bond donors (Lipinski definition) is 1. The first-order chi connectivity index (χ1) is 16.4. The van der Waals surface area contributed by atoms with Gasteiger partial charge < -0.3 is 10.2 Å². The molecule has 1 saturated carbocycles. The van der Waals surface area contributed by atoms with Crippen molar-refractivity contribution in [3.05, 3.63) is 69.4 Å². The molecule has 0 spiro atoms. The molecule has 0 saturated heterocycles. The minimum absolute atomic E-state index is 0.624. The number of rotatable bonds is 9. The molecule has 0 atom stereocenters. The lowest BCUT2D eigenvalue weighted by atomic mass is 10.0. The molecule has 2 aromatic heterocycles. The van der Waals surface area contributed by atoms with Crippen LogP contribution in [-0.2, 0) is 12.8 Å². The Bertz CT molecular complexity index is 1100. The molecule has 182 valence electrons. The maximum Gasteiger partial charge on any atom is 0.227 e. The second kappa shape index (κ2) is 12.1. The highest BCUT2D eigenvalue weighted by Crippen LogP contribution is 2.39. The Hall–Kier alpha value is -2.73. The van der Waals surface area contributed by atoms with Crippen LogP contribution < -0.4 is 5.32 Å². The first-order valence-electron chi connectivity index (χ1n) is 12.4. The summed E-state index contributed by atoms with van der Waals surface area (Å²) >= 11 is 1.76. The summed E-state index contributed by atoms with van der Waals surface area (Å²) in [4.78, 5) is 15.6. The van der Waals surface area contributed by atoms with Crippen LogP contribution in [0, 0.1) is 13.8 Å². The van der Waals surface area contributed by atoms with Crippen molar-refractivity contribution in [1.29, 1.82) is 0 Å². The summed E-state index contributed by atoms with van der Waals surface area (Å²) in [6.45, 7) is 15.6. The fourth-order valence-corrected chi connectivity index (χ4v) is 4.52. The molecule has 0 radical (unpaired) electrons. The summed E-state index contributed by atoms with van der Waals surface area (Å²) in [5.74, 6) is 1.45. The Morgan fingerprint density at radius 1 is 1.15 bits per heavy atom. The zero-order chi connectivity index (χ0) is 24.7. The molecule has 2 heterocycles. The van der Waals surface area contributed by atoms with Gasteiger partial charge in [0, 0.05) is 48.0 Å². The molecular weight excluding hydrogens is 438 g/mol. The molecule has 1 aliphatic rings. The van der Waals surface area contributed by atoms with Gasteiger partial charge in [-0.1, -0.05) is 32.9 Å². The van der Waals surface area contributed by atoms with Gasteiger partial charge in [-0.3, -0.25) is 0 Å². The van der Waals surface area contributed by atoms with Crippen molar-refractivity contribution in [3.63, 3.8) is 0 Å². The van der Waals surface area contributed by atoms with Crippen molar-refractivity contribution >= 4 is 28.7 Å². The molecule has 0 unspecified atom stereocenters. The summed E-state index contributed by atoms with van der Waals surface area (Å²) in [5.41, 5.74) is 8.05. The number of aromatic nitrogens is 3. The average Bonchev–Trinajstić information content (AvgIpc) is 3.60. The topological polar surface area (TPSA) is 53.9 Å². The maximum atomic E-state index is 4.61. The Morgan fingerprint density at radius 2 is 1.91 bits per heavy atom. The third-order valence-corrected chi connectivity index (χ3v) is 7.01. The van der Waals surface area contributed by atoms with Gasteiger partial charge in [-0.15, -0.1) is 11.3 Å². The lowest BCUT2D eigenvalue weighted by Gasteiger charge is -2.20. The third kappa shape index (κ3) is 6.89. The highest BCUT2D eigenvalue weighted by molar-refractivity contribution is 7.09. The van der Waals surface area contributed by atoms with E-state index in [0.717, 1.165) is 47.9 Å². The van der Waals surface area contributed by atoms with Gasteiger partial charge in [0.05, 0.1) is 16.4 Å². The van der Waals surface area contributed by atoms with E-state index in [1.165, 1.54) is 41.1 Å². The molecule has 1 aromatic carbocycles. The van der Waals surface area contributed by atoms with E-state index in [1.54, 1.807) is 11.3 Å². The number of aryl methyl sites for hydroxylation is 4. The molecule has 0 amide bonds. The summed E-state index contributed by atoms with van der Waals surface area (Å²) in [7, 11) is 2.03. The van der Waals surface area contributed by atoms with Gasteiger partial charge in [0.25, 0.3) is 0 Å². The molecule has 3 aromatic rings. The SMILES string of the molecule is C=C(c1cnc(Nc2ccc(CCC)c(CC)c2)nc1C)N(C)CC.Cc1nc(C2CC2)cs1. The lowest BCUT2D eigenvalue weighted by Crippen LogP contribution is -2.16. The summed E-state index contributed by atoms with van der Waals surface area (Å²) in [5, 5.41) is 6.73. The predicted molar refractivity (Wildman–Crippen MR) is 146 cm³/mol. The zero-order valence-corrected chi connectivity index (χ0v) is 22.4. The first kappa shape index (κ1) is 25.9. The first-order valence-corrected chi connectivity index (χ1v) is 13.3. The molecule has 6 heteroatoms. The van der Waals surface area contributed by atoms with E-state index in [4.69, 9.17) is 0 Å². The minimum atomic E-state index is 0.624. The second-order valence-corrected chi connectivity index (χ2v) is 9.99. The normalized spacial score (nSPS) is 12.6. The van der Waals surface area contributed by atoms with Crippen LogP contribution in [0.15, 0.2) is 36.4 Å². The Kier molecular flexibility index (Phi) is 9.22. The van der Waals surface area contributed by atoms with Gasteiger partial charge in [-0.25, -0.2) is 15.0 Å². The van der Waals surface area contributed by atoms with Crippen molar-refractivity contribution < 1.29 is 0 Å². The molecule has 1 aliphatic carbocycles. The van der Waals surface area contributed by atoms with E-state index in [-0.39, 0.29) is 0 Å². The maximum absolute atomic E-state index is 4.61. The van der Waals surface area contributed by atoms with E-state index >= 15 is 0 Å². The van der Waals surface area contributed by atoms with Crippen LogP contribution in [0.2, 0.25) is 0 Å². The van der Waals surface area contributed by atoms with Crippen molar-refractivity contribution in [2.75, 3.05) is 18.9 Å². The van der Waals surface area contributed by atoms with Gasteiger partial charge in [0.1, 0.15) is 0 Å². The smallest absolute Gasteiger partial charge is 0.227 e. The van der Waals surface area contributed by atoms with Crippen LogP contribution in [0.3, 0.4) is 0 Å². The van der Waals surface area contributed by atoms with Crippen LogP contribution in [0.5, 0.6) is 0 Å². The van der Waals surface area contributed by atoms with E-state index < -0.39 is 0 Å². The van der Waals surface area contributed by atoms with E-state index in [1.807, 2.05) is 20.2 Å². The number of anilines is 2. The number of nitrogens with one attached hydrogen (secondary N) is 1. The van der Waals surface area contributed by atoms with E-state index in [2.05, 4.69) is 83.0 Å². The summed E-state index contributed by atoms with van der Waals surface area (Å²) in [6, 6.07) is 6.53. The van der Waals surface area contributed by atoms with Crippen molar-refractivity contribution in [2.24, 2.45) is 0 Å². The molecule has 1 N–H and O–H groups in total.